The second-order valence-electron chi connectivity index (χ2n) is 9.27. The zero-order chi connectivity index (χ0) is 27.0. The standard InChI is InChI=1S/C25H25F3N6O3S/c1-14-7-9-34(10-8-14)21(35)13-29-22(36)15-3-6-19-18(11-15)30-23(33(19)2)32-24-31-17-5-4-16(12-20(17)38-24)37-25(26,27)28/h3-6,11-12,14H,7-10,13H2,1-2H3,(H,29,36)(H,30,31,32). The van der Waals surface area contributed by atoms with E-state index in [1.54, 1.807) is 34.7 Å². The highest BCUT2D eigenvalue weighted by Gasteiger charge is 2.31. The van der Waals surface area contributed by atoms with Crippen molar-refractivity contribution in [3.8, 4) is 5.75 Å². The van der Waals surface area contributed by atoms with Crippen LogP contribution in [0.2, 0.25) is 0 Å². The summed E-state index contributed by atoms with van der Waals surface area (Å²) in [7, 11) is 1.79. The van der Waals surface area contributed by atoms with Gasteiger partial charge in [0.1, 0.15) is 5.75 Å². The number of benzene rings is 2. The number of imidazole rings is 1. The third-order valence-corrected chi connectivity index (χ3v) is 7.43. The largest absolute Gasteiger partial charge is 0.573 e. The molecule has 0 unspecified atom stereocenters. The molecule has 1 aliphatic rings. The molecule has 0 spiro atoms. The molecule has 9 nitrogen and oxygen atoms in total. The molecule has 2 amide bonds. The average molecular weight is 547 g/mol. The van der Waals surface area contributed by atoms with E-state index in [2.05, 4.69) is 32.3 Å². The van der Waals surface area contributed by atoms with Crippen molar-refractivity contribution in [2.45, 2.75) is 26.1 Å². The molecule has 1 fully saturated rings. The summed E-state index contributed by atoms with van der Waals surface area (Å²) in [5.41, 5.74) is 2.20. The number of hydrogen-bond acceptors (Lipinski definition) is 7. The van der Waals surface area contributed by atoms with Crippen LogP contribution in [-0.4, -0.2) is 57.2 Å². The van der Waals surface area contributed by atoms with E-state index in [1.807, 2.05) is 0 Å². The number of fused-ring (bicyclic) bond motifs is 2. The Morgan fingerprint density at radius 2 is 1.87 bits per heavy atom. The summed E-state index contributed by atoms with van der Waals surface area (Å²) in [5, 5.41) is 6.23. The van der Waals surface area contributed by atoms with Crippen molar-refractivity contribution < 1.29 is 27.5 Å². The number of thiazole rings is 1. The van der Waals surface area contributed by atoms with Gasteiger partial charge in [-0.1, -0.05) is 18.3 Å². The maximum atomic E-state index is 12.7. The van der Waals surface area contributed by atoms with Gasteiger partial charge in [0.25, 0.3) is 5.91 Å². The van der Waals surface area contributed by atoms with E-state index in [4.69, 9.17) is 0 Å². The predicted octanol–water partition coefficient (Wildman–Crippen LogP) is 4.81. The van der Waals surface area contributed by atoms with Gasteiger partial charge in [-0.2, -0.15) is 0 Å². The molecule has 13 heteroatoms. The van der Waals surface area contributed by atoms with Crippen molar-refractivity contribution in [1.29, 1.82) is 0 Å². The van der Waals surface area contributed by atoms with E-state index >= 15 is 0 Å². The van der Waals surface area contributed by atoms with Gasteiger partial charge in [-0.05, 0) is 49.1 Å². The summed E-state index contributed by atoms with van der Waals surface area (Å²) in [6.45, 7) is 3.53. The van der Waals surface area contributed by atoms with Crippen molar-refractivity contribution in [2.24, 2.45) is 13.0 Å². The van der Waals surface area contributed by atoms with Crippen LogP contribution in [0.25, 0.3) is 21.3 Å². The lowest BCUT2D eigenvalue weighted by Gasteiger charge is -2.30. The molecule has 1 saturated heterocycles. The van der Waals surface area contributed by atoms with E-state index in [0.717, 1.165) is 29.7 Å². The summed E-state index contributed by atoms with van der Waals surface area (Å²) < 4.78 is 43.9. The highest BCUT2D eigenvalue weighted by Crippen LogP contribution is 2.33. The fraction of sp³-hybridized carbons (Fsp3) is 0.360. The number of hydrogen-bond donors (Lipinski definition) is 2. The molecule has 0 bridgehead atoms. The Morgan fingerprint density at radius 1 is 1.11 bits per heavy atom. The van der Waals surface area contributed by atoms with E-state index in [-0.39, 0.29) is 24.1 Å². The smallest absolute Gasteiger partial charge is 0.406 e. The number of halogens is 3. The summed E-state index contributed by atoms with van der Waals surface area (Å²) in [6.07, 6.45) is -2.84. The summed E-state index contributed by atoms with van der Waals surface area (Å²) in [6, 6.07) is 9.01. The van der Waals surface area contributed by atoms with Crippen LogP contribution < -0.4 is 15.4 Å². The number of carbonyl (C=O) groups excluding carboxylic acids is 2. The minimum atomic E-state index is -4.77. The van der Waals surface area contributed by atoms with Gasteiger partial charge in [0.2, 0.25) is 11.9 Å². The monoisotopic (exact) mass is 546 g/mol. The molecule has 4 aromatic rings. The van der Waals surface area contributed by atoms with Crippen molar-refractivity contribution in [1.82, 2.24) is 24.8 Å². The number of aryl methyl sites for hydroxylation is 1. The molecule has 0 aliphatic carbocycles. The van der Waals surface area contributed by atoms with Crippen LogP contribution >= 0.6 is 11.3 Å². The zero-order valence-electron chi connectivity index (χ0n) is 20.6. The highest BCUT2D eigenvalue weighted by atomic mass is 32.1. The van der Waals surface area contributed by atoms with Crippen molar-refractivity contribution in [2.75, 3.05) is 25.0 Å². The molecule has 3 heterocycles. The van der Waals surface area contributed by atoms with Crippen molar-refractivity contribution in [3.63, 3.8) is 0 Å². The van der Waals surface area contributed by atoms with Gasteiger partial charge in [0, 0.05) is 31.8 Å². The summed E-state index contributed by atoms with van der Waals surface area (Å²) >= 11 is 1.16. The Hall–Kier alpha value is -3.87. The summed E-state index contributed by atoms with van der Waals surface area (Å²) in [4.78, 5) is 35.9. The quantitative estimate of drug-likeness (QED) is 0.360. The van der Waals surface area contributed by atoms with Crippen molar-refractivity contribution in [3.05, 3.63) is 42.0 Å². The summed E-state index contributed by atoms with van der Waals surface area (Å²) in [5.74, 6) is 0.273. The van der Waals surface area contributed by atoms with E-state index < -0.39 is 6.36 Å². The normalized spacial score (nSPS) is 14.7. The van der Waals surface area contributed by atoms with Gasteiger partial charge in [-0.3, -0.25) is 9.59 Å². The Labute approximate surface area is 219 Å². The van der Waals surface area contributed by atoms with Gasteiger partial charge in [-0.25, -0.2) is 9.97 Å². The second kappa shape index (κ2) is 10.1. The average Bonchev–Trinajstić information content (AvgIpc) is 3.41. The van der Waals surface area contributed by atoms with Crippen LogP contribution in [0.1, 0.15) is 30.1 Å². The molecule has 0 saturated carbocycles. The fourth-order valence-electron chi connectivity index (χ4n) is 4.33. The first-order valence-corrected chi connectivity index (χ1v) is 12.8. The van der Waals surface area contributed by atoms with Crippen LogP contribution in [0.5, 0.6) is 5.75 Å². The van der Waals surface area contributed by atoms with Gasteiger partial charge in [-0.15, -0.1) is 13.2 Å². The number of rotatable bonds is 6. The molecular formula is C25H25F3N6O3S. The molecular weight excluding hydrogens is 521 g/mol. The number of aromatic nitrogens is 3. The maximum Gasteiger partial charge on any atom is 0.573 e. The molecule has 2 aromatic carbocycles. The first kappa shape index (κ1) is 25.8. The van der Waals surface area contributed by atoms with E-state index in [1.165, 1.54) is 18.2 Å². The third-order valence-electron chi connectivity index (χ3n) is 6.49. The van der Waals surface area contributed by atoms with Crippen LogP contribution in [0.15, 0.2) is 36.4 Å². The van der Waals surface area contributed by atoms with Gasteiger partial charge < -0.3 is 24.8 Å². The van der Waals surface area contributed by atoms with Crippen LogP contribution in [0, 0.1) is 5.92 Å². The van der Waals surface area contributed by atoms with Crippen LogP contribution in [-0.2, 0) is 11.8 Å². The topological polar surface area (TPSA) is 101 Å². The lowest BCUT2D eigenvalue weighted by atomic mass is 9.99. The predicted molar refractivity (Wildman–Crippen MR) is 138 cm³/mol. The number of likely N-dealkylation sites (tertiary alicyclic amines) is 1. The minimum Gasteiger partial charge on any atom is -0.406 e. The molecule has 0 atom stereocenters. The number of ether oxygens (including phenoxy) is 1. The van der Waals surface area contributed by atoms with Gasteiger partial charge in [0.15, 0.2) is 5.13 Å². The Kier molecular flexibility index (Phi) is 6.86. The molecule has 1 aliphatic heterocycles. The SMILES string of the molecule is CC1CCN(C(=O)CNC(=O)c2ccc3c(c2)nc(Nc2nc4ccc(OC(F)(F)F)cc4s2)n3C)CC1. The molecule has 2 N–H and O–H groups in total. The number of piperidine rings is 1. The number of anilines is 2. The van der Waals surface area contributed by atoms with Gasteiger partial charge >= 0.3 is 6.36 Å². The molecule has 38 heavy (non-hydrogen) atoms. The van der Waals surface area contributed by atoms with Crippen LogP contribution in [0.3, 0.4) is 0 Å². The third kappa shape index (κ3) is 5.67. The van der Waals surface area contributed by atoms with Crippen LogP contribution in [0.4, 0.5) is 24.3 Å². The lowest BCUT2D eigenvalue weighted by Crippen LogP contribution is -2.43. The Balaban J connectivity index is 1.27. The fourth-order valence-corrected chi connectivity index (χ4v) is 5.22. The van der Waals surface area contributed by atoms with E-state index in [9.17, 15) is 22.8 Å². The number of nitrogens with zero attached hydrogens (tertiary/aromatic N) is 4. The Bertz CT molecular complexity index is 1510. The first-order chi connectivity index (χ1) is 18.1. The number of carbonyl (C=O) groups is 2. The number of nitrogens with one attached hydrogen (secondary N) is 2. The Morgan fingerprint density at radius 3 is 2.61 bits per heavy atom. The minimum absolute atomic E-state index is 0.0619. The highest BCUT2D eigenvalue weighted by molar-refractivity contribution is 7.22. The lowest BCUT2D eigenvalue weighted by molar-refractivity contribution is -0.274. The first-order valence-electron chi connectivity index (χ1n) is 12.0. The molecule has 200 valence electrons. The molecule has 5 rings (SSSR count). The number of alkyl halides is 3. The molecule has 0 radical (unpaired) electrons. The number of amides is 2. The maximum absolute atomic E-state index is 12.7. The van der Waals surface area contributed by atoms with E-state index in [0.29, 0.717) is 51.4 Å². The van der Waals surface area contributed by atoms with Gasteiger partial charge in [0.05, 0.1) is 27.8 Å². The zero-order valence-corrected chi connectivity index (χ0v) is 21.4. The van der Waals surface area contributed by atoms with Crippen molar-refractivity contribution >= 4 is 55.5 Å². The molecule has 2 aromatic heterocycles. The second-order valence-corrected chi connectivity index (χ2v) is 10.3.